The summed E-state index contributed by atoms with van der Waals surface area (Å²) in [7, 11) is -0.793. The Bertz CT molecular complexity index is 957. The third-order valence-corrected chi connectivity index (χ3v) is 16.4. The van der Waals surface area contributed by atoms with Gasteiger partial charge in [-0.25, -0.2) is 0 Å². The Morgan fingerprint density at radius 3 is 2.07 bits per heavy atom. The number of rotatable bonds is 15. The molecule has 254 valence electrons. The molecular formula is C34H60O9Si. The molecule has 2 aliphatic heterocycles. The normalized spacial score (nSPS) is 33.9. The molecule has 2 saturated heterocycles. The third kappa shape index (κ3) is 8.13. The van der Waals surface area contributed by atoms with Gasteiger partial charge in [0.25, 0.3) is 0 Å². The van der Waals surface area contributed by atoms with Crippen LogP contribution in [0, 0.1) is 17.8 Å². The van der Waals surface area contributed by atoms with E-state index in [9.17, 15) is 15.3 Å². The second-order valence-electron chi connectivity index (χ2n) is 14.1. The first-order valence-electron chi connectivity index (χ1n) is 16.5. The van der Waals surface area contributed by atoms with Crippen molar-refractivity contribution < 1.29 is 43.4 Å². The monoisotopic (exact) mass is 640 g/mol. The number of aliphatic hydroxyl groups is 3. The van der Waals surface area contributed by atoms with Crippen LogP contribution in [0.5, 0.6) is 0 Å². The van der Waals surface area contributed by atoms with Crippen molar-refractivity contribution in [1.29, 1.82) is 0 Å². The Labute approximate surface area is 266 Å². The Kier molecular flexibility index (Phi) is 13.9. The van der Waals surface area contributed by atoms with Crippen LogP contribution in [0.15, 0.2) is 30.3 Å². The van der Waals surface area contributed by atoms with Crippen LogP contribution >= 0.6 is 0 Å². The summed E-state index contributed by atoms with van der Waals surface area (Å²) in [5.74, 6) is -2.47. The smallest absolute Gasteiger partial charge is 0.200 e. The van der Waals surface area contributed by atoms with Crippen molar-refractivity contribution in [2.24, 2.45) is 17.8 Å². The first kappa shape index (κ1) is 37.5. The number of ether oxygens (including phenoxy) is 5. The minimum absolute atomic E-state index is 0.123. The predicted molar refractivity (Wildman–Crippen MR) is 172 cm³/mol. The summed E-state index contributed by atoms with van der Waals surface area (Å²) in [6, 6.07) is 10.0. The number of hydrogen-bond donors (Lipinski definition) is 3. The van der Waals surface area contributed by atoms with E-state index in [0.29, 0.717) is 23.2 Å². The molecule has 0 aliphatic carbocycles. The van der Waals surface area contributed by atoms with Gasteiger partial charge in [-0.1, -0.05) is 92.6 Å². The molecule has 0 spiro atoms. The largest absolute Gasteiger partial charge is 0.410 e. The molecule has 3 rings (SSSR count). The molecule has 2 heterocycles. The molecule has 1 aromatic carbocycles. The van der Waals surface area contributed by atoms with Crippen LogP contribution in [0.2, 0.25) is 16.6 Å². The zero-order valence-electron chi connectivity index (χ0n) is 28.6. The SMILES string of the molecule is COCOC[C@@H]1O[C@@H]2[C@@H](C)[C@H](C)[C@@](O)(C[C@H](O)CO)O[C@H]2[C@@H](OCc2ccccc2)[C@H](C)[C@H]1O[Si](C(C)C)(C(C)C)C(C)C. The van der Waals surface area contributed by atoms with E-state index >= 15 is 0 Å². The van der Waals surface area contributed by atoms with Crippen molar-refractivity contribution >= 4 is 8.32 Å². The molecule has 2 fully saturated rings. The molecule has 10 heteroatoms. The van der Waals surface area contributed by atoms with Crippen LogP contribution in [0.3, 0.4) is 0 Å². The second-order valence-corrected chi connectivity index (χ2v) is 19.5. The fourth-order valence-electron chi connectivity index (χ4n) is 7.82. The van der Waals surface area contributed by atoms with Crippen molar-refractivity contribution in [2.75, 3.05) is 27.1 Å². The summed E-state index contributed by atoms with van der Waals surface area (Å²) >= 11 is 0. The van der Waals surface area contributed by atoms with Gasteiger partial charge in [-0.15, -0.1) is 0 Å². The van der Waals surface area contributed by atoms with Gasteiger partial charge in [0.05, 0.1) is 44.2 Å². The number of benzene rings is 1. The molecule has 1 aromatic rings. The molecular weight excluding hydrogens is 580 g/mol. The van der Waals surface area contributed by atoms with Crippen LogP contribution in [-0.4, -0.2) is 93.2 Å². The third-order valence-electron chi connectivity index (χ3n) is 10.3. The van der Waals surface area contributed by atoms with Crippen LogP contribution in [0.25, 0.3) is 0 Å². The lowest BCUT2D eigenvalue weighted by molar-refractivity contribution is -0.347. The van der Waals surface area contributed by atoms with E-state index in [2.05, 4.69) is 48.5 Å². The molecule has 0 unspecified atom stereocenters. The standard InChI is InChI=1S/C34H60O9Si/c1-21(2)44(22(3)4,23(5)6)43-30-25(8)31(40-18-27-14-12-11-13-15-27)33-32(41-29(30)19-39-20-38-10)24(7)26(9)34(37,42-33)16-28(36)17-35/h11-15,21-26,28-33,35-37H,16-20H2,1-10H3/t24-,25+,26-,28-,29-,30+,31-,32+,33-,34+/m0/s1. The summed E-state index contributed by atoms with van der Waals surface area (Å²) in [4.78, 5) is 0. The average molecular weight is 641 g/mol. The number of methoxy groups -OCH3 is 1. The van der Waals surface area contributed by atoms with E-state index in [1.54, 1.807) is 7.11 Å². The minimum Gasteiger partial charge on any atom is -0.410 e. The highest BCUT2D eigenvalue weighted by Crippen LogP contribution is 2.49. The Morgan fingerprint density at radius 2 is 1.52 bits per heavy atom. The minimum atomic E-state index is -2.39. The molecule has 0 radical (unpaired) electrons. The van der Waals surface area contributed by atoms with E-state index < -0.39 is 57.1 Å². The summed E-state index contributed by atoms with van der Waals surface area (Å²) < 4.78 is 39.1. The number of hydrogen-bond acceptors (Lipinski definition) is 9. The molecule has 44 heavy (non-hydrogen) atoms. The summed E-state index contributed by atoms with van der Waals surface area (Å²) in [6.45, 7) is 20.0. The lowest BCUT2D eigenvalue weighted by Gasteiger charge is -2.51. The van der Waals surface area contributed by atoms with Gasteiger partial charge < -0.3 is 43.4 Å². The van der Waals surface area contributed by atoms with Crippen LogP contribution < -0.4 is 0 Å². The maximum absolute atomic E-state index is 11.9. The van der Waals surface area contributed by atoms with Crippen molar-refractivity contribution in [2.45, 2.75) is 134 Å². The molecule has 9 nitrogen and oxygen atoms in total. The van der Waals surface area contributed by atoms with Crippen molar-refractivity contribution in [3.05, 3.63) is 35.9 Å². The quantitative estimate of drug-likeness (QED) is 0.134. The van der Waals surface area contributed by atoms with Crippen LogP contribution in [0.1, 0.15) is 74.3 Å². The summed E-state index contributed by atoms with van der Waals surface area (Å²) in [5, 5.41) is 31.9. The van der Waals surface area contributed by atoms with Gasteiger partial charge in [-0.2, -0.15) is 0 Å². The van der Waals surface area contributed by atoms with Gasteiger partial charge in [0.15, 0.2) is 5.79 Å². The lowest BCUT2D eigenvalue weighted by Crippen LogP contribution is -2.62. The van der Waals surface area contributed by atoms with Crippen molar-refractivity contribution in [3.8, 4) is 0 Å². The summed E-state index contributed by atoms with van der Waals surface area (Å²) in [5.41, 5.74) is 2.08. The molecule has 0 saturated carbocycles. The molecule has 3 N–H and O–H groups in total. The Balaban J connectivity index is 2.13. The number of fused-ring (bicyclic) bond motifs is 1. The van der Waals surface area contributed by atoms with E-state index in [0.717, 1.165) is 5.56 Å². The topological polar surface area (TPSA) is 116 Å². The molecule has 0 aromatic heterocycles. The molecule has 0 amide bonds. The lowest BCUT2D eigenvalue weighted by atomic mass is 9.75. The summed E-state index contributed by atoms with van der Waals surface area (Å²) in [6.07, 6.45) is -3.68. The number of aliphatic hydroxyl groups excluding tert-OH is 2. The highest BCUT2D eigenvalue weighted by atomic mass is 28.4. The van der Waals surface area contributed by atoms with E-state index in [1.807, 2.05) is 44.2 Å². The first-order chi connectivity index (χ1) is 20.7. The zero-order valence-corrected chi connectivity index (χ0v) is 29.6. The second kappa shape index (κ2) is 16.3. The van der Waals surface area contributed by atoms with E-state index in [1.165, 1.54) is 0 Å². The Morgan fingerprint density at radius 1 is 0.909 bits per heavy atom. The fraction of sp³-hybridized carbons (Fsp3) is 0.824. The molecule has 10 atom stereocenters. The highest BCUT2D eigenvalue weighted by molar-refractivity contribution is 6.77. The van der Waals surface area contributed by atoms with Gasteiger partial charge in [-0.05, 0) is 28.1 Å². The first-order valence-corrected chi connectivity index (χ1v) is 18.6. The Hall–Kier alpha value is -0.923. The van der Waals surface area contributed by atoms with Crippen molar-refractivity contribution in [1.82, 2.24) is 0 Å². The zero-order chi connectivity index (χ0) is 32.8. The van der Waals surface area contributed by atoms with Gasteiger partial charge in [0.1, 0.15) is 19.0 Å². The van der Waals surface area contributed by atoms with Crippen LogP contribution in [-0.2, 0) is 34.7 Å². The maximum Gasteiger partial charge on any atom is 0.200 e. The maximum atomic E-state index is 11.9. The fourth-order valence-corrected chi connectivity index (χ4v) is 13.5. The average Bonchev–Trinajstić information content (AvgIpc) is 3.07. The van der Waals surface area contributed by atoms with Gasteiger partial charge >= 0.3 is 0 Å². The van der Waals surface area contributed by atoms with E-state index in [-0.39, 0.29) is 37.8 Å². The molecule has 2 aliphatic rings. The van der Waals surface area contributed by atoms with Crippen LogP contribution in [0.4, 0.5) is 0 Å². The van der Waals surface area contributed by atoms with E-state index in [4.69, 9.17) is 28.1 Å². The highest BCUT2D eigenvalue weighted by Gasteiger charge is 2.59. The van der Waals surface area contributed by atoms with Gasteiger partial charge in [0, 0.05) is 25.4 Å². The van der Waals surface area contributed by atoms with Gasteiger partial charge in [0.2, 0.25) is 8.32 Å². The van der Waals surface area contributed by atoms with Crippen molar-refractivity contribution in [3.63, 3.8) is 0 Å². The van der Waals surface area contributed by atoms with Gasteiger partial charge in [-0.3, -0.25) is 0 Å². The molecule has 0 bridgehead atoms. The predicted octanol–water partition coefficient (Wildman–Crippen LogP) is 5.26.